The summed E-state index contributed by atoms with van der Waals surface area (Å²) in [6, 6.07) is 60.6. The summed E-state index contributed by atoms with van der Waals surface area (Å²) in [7, 11) is 0. The second-order valence-electron chi connectivity index (χ2n) is 17.4. The fraction of sp³-hybridized carbons (Fsp3) is 0.105. The molecule has 2 aromatic heterocycles. The smallest absolute Gasteiger partial charge is 0.201 e. The first-order chi connectivity index (χ1) is 30.0. The number of rotatable bonds is 4. The lowest BCUT2D eigenvalue weighted by atomic mass is 9.82. The van der Waals surface area contributed by atoms with Crippen molar-refractivity contribution < 1.29 is 0 Å². The van der Waals surface area contributed by atoms with Gasteiger partial charge in [0, 0.05) is 37.9 Å². The monoisotopic (exact) mass is 782 g/mol. The molecule has 10 aromatic rings. The molecule has 4 nitrogen and oxygen atoms in total. The molecule has 2 aliphatic carbocycles. The van der Waals surface area contributed by atoms with E-state index in [1.54, 1.807) is 0 Å². The van der Waals surface area contributed by atoms with Gasteiger partial charge in [-0.3, -0.25) is 0 Å². The number of hydrogen-bond acceptors (Lipinski definition) is 2. The predicted molar refractivity (Wildman–Crippen MR) is 254 cm³/mol. The van der Waals surface area contributed by atoms with E-state index >= 15 is 0 Å². The number of nitrogens with zero attached hydrogens (tertiary/aromatic N) is 3. The molecule has 0 saturated carbocycles. The van der Waals surface area contributed by atoms with Crippen LogP contribution >= 0.6 is 0 Å². The molecule has 1 N–H and O–H groups in total. The number of para-hydroxylation sites is 3. The summed E-state index contributed by atoms with van der Waals surface area (Å²) in [4.78, 5) is 5.45. The largest absolute Gasteiger partial charge is 0.345 e. The normalized spacial score (nSPS) is 16.5. The maximum atomic E-state index is 5.45. The van der Waals surface area contributed by atoms with Crippen molar-refractivity contribution in [3.8, 4) is 22.3 Å². The molecule has 1 atom stereocenters. The highest BCUT2D eigenvalue weighted by atomic mass is 15.3. The average Bonchev–Trinajstić information content (AvgIpc) is 3.91. The summed E-state index contributed by atoms with van der Waals surface area (Å²) >= 11 is 0. The second-order valence-corrected chi connectivity index (χ2v) is 17.4. The molecule has 0 amide bonds. The minimum absolute atomic E-state index is 0.0956. The molecule has 0 bridgehead atoms. The number of nitrogens with one attached hydrogen (secondary N) is 1. The standard InChI is InChI=1S/C57H42N4/c1-57(2)47-24-12-8-19-39(47)40-30-28-36(33-48(40)57)55-43-22-9-13-25-49(43)58-56(59-55)61-50-26-14-10-20-41(50)46-32-35(29-31-52(46)61)45-34-53-54(42-21-7-6-18-38(42)45)44-23-11-15-27-51(44)60(53)37-16-4-3-5-17-37/h4,6-34,56,59H,3,5H2,1-2H3. The van der Waals surface area contributed by atoms with Gasteiger partial charge in [0.05, 0.1) is 33.1 Å². The number of benzene rings is 8. The highest BCUT2D eigenvalue weighted by Gasteiger charge is 2.36. The van der Waals surface area contributed by atoms with E-state index in [2.05, 4.69) is 210 Å². The van der Waals surface area contributed by atoms with Crippen molar-refractivity contribution >= 4 is 65.8 Å². The summed E-state index contributed by atoms with van der Waals surface area (Å²) in [5.74, 6) is 0. The summed E-state index contributed by atoms with van der Waals surface area (Å²) in [6.07, 6.45) is 8.76. The third-order valence-electron chi connectivity index (χ3n) is 13.8. The third-order valence-corrected chi connectivity index (χ3v) is 13.8. The van der Waals surface area contributed by atoms with Crippen LogP contribution in [0.25, 0.3) is 88.0 Å². The van der Waals surface area contributed by atoms with Crippen molar-refractivity contribution in [2.75, 3.05) is 0 Å². The van der Waals surface area contributed by atoms with E-state index < -0.39 is 0 Å². The van der Waals surface area contributed by atoms with E-state index in [0.717, 1.165) is 40.1 Å². The predicted octanol–water partition coefficient (Wildman–Crippen LogP) is 12.8. The topological polar surface area (TPSA) is 34.2 Å². The van der Waals surface area contributed by atoms with Crippen LogP contribution < -0.4 is 15.9 Å². The van der Waals surface area contributed by atoms with Gasteiger partial charge < -0.3 is 14.5 Å². The minimum atomic E-state index is -0.360. The number of aromatic nitrogens is 2. The van der Waals surface area contributed by atoms with Gasteiger partial charge in [-0.25, -0.2) is 4.99 Å². The first-order valence-electron chi connectivity index (χ1n) is 21.6. The van der Waals surface area contributed by atoms with Gasteiger partial charge in [0.2, 0.25) is 6.29 Å². The summed E-state index contributed by atoms with van der Waals surface area (Å²) in [5.41, 5.74) is 16.0. The molecule has 13 rings (SSSR count). The molecule has 290 valence electrons. The molecule has 3 aliphatic rings. The van der Waals surface area contributed by atoms with Crippen LogP contribution in [0.15, 0.2) is 187 Å². The van der Waals surface area contributed by atoms with Gasteiger partial charge in [-0.05, 0) is 111 Å². The molecule has 3 heterocycles. The first-order valence-corrected chi connectivity index (χ1v) is 21.6. The molecule has 0 radical (unpaired) electrons. The van der Waals surface area contributed by atoms with E-state index in [-0.39, 0.29) is 11.7 Å². The van der Waals surface area contributed by atoms with Crippen LogP contribution in [0, 0.1) is 0 Å². The lowest BCUT2D eigenvalue weighted by molar-refractivity contribution is 0.489. The molecule has 0 saturated heterocycles. The fourth-order valence-electron chi connectivity index (χ4n) is 10.9. The Balaban J connectivity index is 0.992. The van der Waals surface area contributed by atoms with Crippen molar-refractivity contribution in [2.45, 2.75) is 38.4 Å². The van der Waals surface area contributed by atoms with E-state index in [0.29, 0.717) is 0 Å². The molecule has 61 heavy (non-hydrogen) atoms. The van der Waals surface area contributed by atoms with E-state index in [9.17, 15) is 0 Å². The first kappa shape index (κ1) is 34.4. The Morgan fingerprint density at radius 1 is 0.541 bits per heavy atom. The van der Waals surface area contributed by atoms with E-state index in [1.807, 2.05) is 0 Å². The van der Waals surface area contributed by atoms with Crippen molar-refractivity contribution in [2.24, 2.45) is 4.99 Å². The highest BCUT2D eigenvalue weighted by molar-refractivity contribution is 6.25. The Labute approximate surface area is 353 Å². The molecular formula is C57H42N4. The Kier molecular flexibility index (Phi) is 7.22. The zero-order valence-electron chi connectivity index (χ0n) is 34.2. The zero-order valence-corrected chi connectivity index (χ0v) is 34.2. The van der Waals surface area contributed by atoms with Gasteiger partial charge in [0.15, 0.2) is 0 Å². The quantitative estimate of drug-likeness (QED) is 0.190. The zero-order chi connectivity index (χ0) is 40.4. The summed E-state index contributed by atoms with van der Waals surface area (Å²) in [5, 5.41) is 13.7. The van der Waals surface area contributed by atoms with Crippen molar-refractivity contribution in [1.82, 2.24) is 14.5 Å². The van der Waals surface area contributed by atoms with Crippen molar-refractivity contribution in [1.29, 1.82) is 0 Å². The Bertz CT molecular complexity index is 3720. The molecule has 1 unspecified atom stereocenters. The molecular weight excluding hydrogens is 741 g/mol. The molecule has 8 aromatic carbocycles. The number of hydrogen-bond donors (Lipinski definition) is 1. The fourth-order valence-corrected chi connectivity index (χ4v) is 10.9. The number of fused-ring (bicyclic) bond motifs is 12. The van der Waals surface area contributed by atoms with E-state index in [1.165, 1.54) is 88.0 Å². The second kappa shape index (κ2) is 12.8. The molecule has 1 aliphatic heterocycles. The summed E-state index contributed by atoms with van der Waals surface area (Å²) < 4.78 is 4.88. The maximum absolute atomic E-state index is 5.45. The maximum Gasteiger partial charge on any atom is 0.201 e. The minimum Gasteiger partial charge on any atom is -0.345 e. The Hall–Kier alpha value is -7.43. The van der Waals surface area contributed by atoms with Crippen LogP contribution in [0.3, 0.4) is 0 Å². The van der Waals surface area contributed by atoms with Gasteiger partial charge in [0.25, 0.3) is 0 Å². The average molecular weight is 783 g/mol. The lowest BCUT2D eigenvalue weighted by Crippen LogP contribution is -2.41. The summed E-state index contributed by atoms with van der Waals surface area (Å²) in [6.45, 7) is 4.70. The van der Waals surface area contributed by atoms with Gasteiger partial charge in [0.1, 0.15) is 0 Å². The lowest BCUT2D eigenvalue weighted by Gasteiger charge is -2.26. The van der Waals surface area contributed by atoms with Crippen molar-refractivity contribution in [3.63, 3.8) is 0 Å². The van der Waals surface area contributed by atoms with Gasteiger partial charge >= 0.3 is 0 Å². The van der Waals surface area contributed by atoms with Gasteiger partial charge in [-0.15, -0.1) is 0 Å². The molecule has 0 spiro atoms. The van der Waals surface area contributed by atoms with Crippen LogP contribution in [-0.4, -0.2) is 9.13 Å². The van der Waals surface area contributed by atoms with Crippen molar-refractivity contribution in [3.05, 3.63) is 209 Å². The van der Waals surface area contributed by atoms with Crippen LogP contribution in [0.5, 0.6) is 0 Å². The SMILES string of the molecule is CC1(C)c2ccccc2-c2ccc(C3=c4ccccc4=NC(n4c5ccccc5c5cc(-c6cc7c(c8ccccc68)c6ccccc6n7C6=CCCC=C6)ccc54)N3)cc21. The molecule has 0 fully saturated rings. The van der Waals surface area contributed by atoms with Crippen LogP contribution in [0.2, 0.25) is 0 Å². The number of allylic oxidation sites excluding steroid dienone is 4. The van der Waals surface area contributed by atoms with E-state index in [4.69, 9.17) is 4.99 Å². The van der Waals surface area contributed by atoms with Crippen LogP contribution in [-0.2, 0) is 5.41 Å². The third kappa shape index (κ3) is 4.90. The van der Waals surface area contributed by atoms with Crippen LogP contribution in [0.4, 0.5) is 0 Å². The molecule has 4 heteroatoms. The van der Waals surface area contributed by atoms with Gasteiger partial charge in [-0.1, -0.05) is 147 Å². The highest BCUT2D eigenvalue weighted by Crippen LogP contribution is 2.49. The van der Waals surface area contributed by atoms with Crippen LogP contribution in [0.1, 0.15) is 49.7 Å². The Morgan fingerprint density at radius 2 is 1.25 bits per heavy atom. The Morgan fingerprint density at radius 3 is 2.11 bits per heavy atom. The van der Waals surface area contributed by atoms with Gasteiger partial charge in [-0.2, -0.15) is 0 Å².